The van der Waals surface area contributed by atoms with Crippen molar-refractivity contribution in [1.82, 2.24) is 0 Å². The van der Waals surface area contributed by atoms with Gasteiger partial charge in [-0.1, -0.05) is 35.9 Å². The normalized spacial score (nSPS) is 28.8. The van der Waals surface area contributed by atoms with E-state index < -0.39 is 115 Å². The first-order valence-corrected chi connectivity index (χ1v) is 15.6. The van der Waals surface area contributed by atoms with Gasteiger partial charge in [0, 0.05) is 23.6 Å². The number of amides is 4. The molecule has 1 N–H and O–H groups in total. The zero-order chi connectivity index (χ0) is 36.4. The fourth-order valence-corrected chi connectivity index (χ4v) is 8.75. The summed E-state index contributed by atoms with van der Waals surface area (Å²) in [4.78, 5) is 62.1. The number of carbonyl (C=O) groups excluding carboxylic acids is 4. The highest BCUT2D eigenvalue weighted by molar-refractivity contribution is 6.58. The fraction of sp³-hybridized carbons (Fsp3) is 0.273. The van der Waals surface area contributed by atoms with E-state index in [-0.39, 0.29) is 33.7 Å². The number of para-hydroxylation sites is 1. The van der Waals surface area contributed by atoms with Crippen molar-refractivity contribution in [1.29, 1.82) is 0 Å². The topological polar surface area (TPSA) is 138 Å². The van der Waals surface area contributed by atoms with E-state index in [1.165, 1.54) is 43.3 Å². The average Bonchev–Trinajstić information content (AvgIpc) is 3.42. The van der Waals surface area contributed by atoms with Crippen molar-refractivity contribution in [3.05, 3.63) is 104 Å². The number of rotatable bonds is 4. The highest BCUT2D eigenvalue weighted by Crippen LogP contribution is 2.67. The van der Waals surface area contributed by atoms with Crippen LogP contribution in [-0.2, 0) is 19.2 Å². The number of carbonyl (C=O) groups is 4. The Hall–Kier alpha value is -4.89. The van der Waals surface area contributed by atoms with Crippen molar-refractivity contribution >= 4 is 63.9 Å². The fourth-order valence-electron chi connectivity index (χ4n) is 7.83. The monoisotopic (exact) mass is 735 g/mol. The first-order valence-electron chi connectivity index (χ1n) is 14.9. The second-order valence-electron chi connectivity index (χ2n) is 12.5. The maximum Gasteiger partial charge on any atom is 0.271 e. The van der Waals surface area contributed by atoms with Crippen molar-refractivity contribution in [3.8, 4) is 5.75 Å². The number of halogens is 7. The molecule has 258 valence electrons. The Balaban J connectivity index is 1.43. The lowest BCUT2D eigenvalue weighted by molar-refractivity contribution is -0.384. The summed E-state index contributed by atoms with van der Waals surface area (Å²) < 4.78 is 73.2. The number of allylic oxidation sites excluding steroid dienone is 2. The zero-order valence-corrected chi connectivity index (χ0v) is 26.7. The minimum atomic E-state index is -2.79. The minimum absolute atomic E-state index is 0.118. The molecule has 0 aromatic heterocycles. The van der Waals surface area contributed by atoms with Crippen LogP contribution in [0, 0.1) is 63.9 Å². The van der Waals surface area contributed by atoms with Gasteiger partial charge in [0.1, 0.15) is 11.4 Å². The highest BCUT2D eigenvalue weighted by atomic mass is 35.5. The lowest BCUT2D eigenvalue weighted by Crippen LogP contribution is -2.60. The van der Waals surface area contributed by atoms with E-state index in [1.807, 2.05) is 0 Å². The number of hydrogen-bond donors (Lipinski definition) is 1. The van der Waals surface area contributed by atoms with Crippen LogP contribution in [0.4, 0.5) is 39.0 Å². The summed E-state index contributed by atoms with van der Waals surface area (Å²) in [7, 11) is 0. The Morgan fingerprint density at radius 1 is 0.860 bits per heavy atom. The molecule has 2 aliphatic carbocycles. The Kier molecular flexibility index (Phi) is 7.43. The maximum atomic E-state index is 15.2. The van der Waals surface area contributed by atoms with Gasteiger partial charge in [0.15, 0.2) is 33.0 Å². The number of aromatic hydroxyl groups is 1. The number of benzene rings is 3. The number of non-ortho nitro benzene ring substituents is 1. The van der Waals surface area contributed by atoms with Gasteiger partial charge in [0.2, 0.25) is 17.6 Å². The molecule has 0 bridgehead atoms. The largest absolute Gasteiger partial charge is 0.507 e. The average molecular weight is 736 g/mol. The molecular weight excluding hydrogens is 716 g/mol. The van der Waals surface area contributed by atoms with Crippen molar-refractivity contribution in [2.75, 3.05) is 9.80 Å². The second-order valence-corrected chi connectivity index (χ2v) is 13.7. The van der Waals surface area contributed by atoms with Crippen molar-refractivity contribution in [3.63, 3.8) is 0 Å². The Morgan fingerprint density at radius 2 is 1.48 bits per heavy atom. The summed E-state index contributed by atoms with van der Waals surface area (Å²) in [6, 6.07) is 8.99. The van der Waals surface area contributed by atoms with Crippen LogP contribution in [0.3, 0.4) is 0 Å². The number of nitro benzene ring substituents is 1. The molecule has 0 unspecified atom stereocenters. The summed E-state index contributed by atoms with van der Waals surface area (Å²) >= 11 is 14.1. The minimum Gasteiger partial charge on any atom is -0.507 e. The SMILES string of the molecule is Cc1cccc([C@H]2C3=CC[C@@H]4C(=O)N(c5cccc([N+](=O)[O-])c5)C(=O)[C@@H]4[C@@H]3C[C@@]3(Cl)C(=O)N(c4c(F)c(F)c(F)c(F)c4F)C(=O)[C@@]23Cl)c1O. The van der Waals surface area contributed by atoms with Crippen LogP contribution in [0.1, 0.15) is 29.9 Å². The van der Waals surface area contributed by atoms with Crippen molar-refractivity contribution in [2.24, 2.45) is 17.8 Å². The number of aryl methyl sites for hydroxylation is 1. The van der Waals surface area contributed by atoms with Crippen molar-refractivity contribution < 1.29 is 51.2 Å². The van der Waals surface area contributed by atoms with Crippen LogP contribution in [0.5, 0.6) is 5.75 Å². The summed E-state index contributed by atoms with van der Waals surface area (Å²) in [5.74, 6) is -23.2. The lowest BCUT2D eigenvalue weighted by Gasteiger charge is -2.50. The Morgan fingerprint density at radius 3 is 2.12 bits per heavy atom. The molecule has 2 heterocycles. The van der Waals surface area contributed by atoms with Crippen LogP contribution >= 0.6 is 23.2 Å². The van der Waals surface area contributed by atoms with Crippen LogP contribution in [-0.4, -0.2) is 43.4 Å². The molecule has 0 radical (unpaired) electrons. The maximum absolute atomic E-state index is 15.2. The number of phenols is 1. The third kappa shape index (κ3) is 4.13. The summed E-state index contributed by atoms with van der Waals surface area (Å²) in [5.41, 5.74) is -2.19. The third-order valence-electron chi connectivity index (χ3n) is 10.1. The van der Waals surface area contributed by atoms with Crippen LogP contribution < -0.4 is 9.80 Å². The number of nitro groups is 1. The molecule has 50 heavy (non-hydrogen) atoms. The molecular formula is C33H20Cl2F5N3O7. The Bertz CT molecular complexity index is 2140. The Labute approximate surface area is 287 Å². The molecule has 3 aromatic carbocycles. The molecule has 6 atom stereocenters. The van der Waals surface area contributed by atoms with Crippen LogP contribution in [0.25, 0.3) is 0 Å². The van der Waals surface area contributed by atoms with E-state index in [4.69, 9.17) is 23.2 Å². The van der Waals surface area contributed by atoms with Gasteiger partial charge in [0.25, 0.3) is 17.5 Å². The predicted octanol–water partition coefficient (Wildman–Crippen LogP) is 6.07. The number of fused-ring (bicyclic) bond motifs is 4. The first kappa shape index (κ1) is 33.6. The molecule has 1 saturated carbocycles. The van der Waals surface area contributed by atoms with Gasteiger partial charge in [-0.25, -0.2) is 31.8 Å². The molecule has 4 aliphatic rings. The zero-order valence-electron chi connectivity index (χ0n) is 25.2. The summed E-state index contributed by atoms with van der Waals surface area (Å²) in [5, 5.41) is 22.7. The van der Waals surface area contributed by atoms with E-state index in [0.29, 0.717) is 0 Å². The van der Waals surface area contributed by atoms with Crippen LogP contribution in [0.2, 0.25) is 0 Å². The van der Waals surface area contributed by atoms with Gasteiger partial charge in [-0.05, 0) is 37.3 Å². The standard InChI is InChI=1S/C33H20Cl2F5N3O7/c1-12-4-2-7-17(27(12)44)20-15-8-9-16-19(29(46)41(28(16)45)13-5-3-6-14(10-13)43(49)50)18(15)11-32(34)30(47)42(31(48)33(20,32)35)26-24(39)22(37)21(36)23(38)25(26)40/h2-8,10,16,18-20,44H,9,11H2,1H3/t16-,18+,19-,20+,32+,33-/m0/s1. The highest BCUT2D eigenvalue weighted by Gasteiger charge is 2.77. The molecule has 3 aromatic rings. The molecule has 7 rings (SSSR count). The van der Waals surface area contributed by atoms with Gasteiger partial charge in [0.05, 0.1) is 22.4 Å². The number of phenolic OH excluding ortho intramolecular Hbond substituents is 1. The van der Waals surface area contributed by atoms with Crippen molar-refractivity contribution in [2.45, 2.75) is 35.4 Å². The van der Waals surface area contributed by atoms with Gasteiger partial charge >= 0.3 is 0 Å². The number of nitrogens with zero attached hydrogens (tertiary/aromatic N) is 3. The van der Waals surface area contributed by atoms with E-state index in [0.717, 1.165) is 17.0 Å². The number of anilines is 2. The summed E-state index contributed by atoms with van der Waals surface area (Å²) in [6.07, 6.45) is 0.577. The van der Waals surface area contributed by atoms with Crippen LogP contribution in [0.15, 0.2) is 54.1 Å². The number of alkyl halides is 2. The third-order valence-corrected chi connectivity index (χ3v) is 11.5. The van der Waals surface area contributed by atoms with E-state index >= 15 is 8.78 Å². The van der Waals surface area contributed by atoms with Gasteiger partial charge in [-0.15, -0.1) is 23.2 Å². The molecule has 0 spiro atoms. The smallest absolute Gasteiger partial charge is 0.271 e. The molecule has 17 heteroatoms. The summed E-state index contributed by atoms with van der Waals surface area (Å²) in [6.45, 7) is 1.48. The molecule has 2 aliphatic heterocycles. The quantitative estimate of drug-likeness (QED) is 0.0502. The molecule has 3 fully saturated rings. The van der Waals surface area contributed by atoms with Gasteiger partial charge in [-0.2, -0.15) is 0 Å². The van der Waals surface area contributed by atoms with E-state index in [1.54, 1.807) is 0 Å². The molecule has 2 saturated heterocycles. The first-order chi connectivity index (χ1) is 23.5. The van der Waals surface area contributed by atoms with Gasteiger partial charge < -0.3 is 5.11 Å². The second kappa shape index (κ2) is 11.1. The number of imide groups is 2. The predicted molar refractivity (Wildman–Crippen MR) is 165 cm³/mol. The number of hydrogen-bond acceptors (Lipinski definition) is 7. The lowest BCUT2D eigenvalue weighted by atomic mass is 9.56. The van der Waals surface area contributed by atoms with Gasteiger partial charge in [-0.3, -0.25) is 29.3 Å². The van der Waals surface area contributed by atoms with E-state index in [9.17, 15) is 47.6 Å². The van der Waals surface area contributed by atoms with E-state index in [2.05, 4.69) is 0 Å². The molecule has 10 nitrogen and oxygen atoms in total. The molecule has 4 amide bonds.